The molecule has 0 aromatic heterocycles. The number of rotatable bonds is 2. The van der Waals surface area contributed by atoms with Gasteiger partial charge in [-0.3, -0.25) is 10.2 Å². The van der Waals surface area contributed by atoms with Gasteiger partial charge in [-0.25, -0.2) is 0 Å². The van der Waals surface area contributed by atoms with E-state index in [-0.39, 0.29) is 0 Å². The van der Waals surface area contributed by atoms with Gasteiger partial charge in [0.25, 0.3) is 0 Å². The molecule has 2 heteroatoms. The predicted octanol–water partition coefficient (Wildman–Crippen LogP) is 4.16. The quantitative estimate of drug-likeness (QED) is 0.765. The van der Waals surface area contributed by atoms with E-state index in [1.165, 1.54) is 21.9 Å². The molecule has 1 N–H and O–H groups in total. The average Bonchev–Trinajstić information content (AvgIpc) is 2.62. The first-order chi connectivity index (χ1) is 11.3. The molecule has 3 aromatic rings. The smallest absolute Gasteiger partial charge is 0.0482 e. The van der Waals surface area contributed by atoms with E-state index in [4.69, 9.17) is 0 Å². The summed E-state index contributed by atoms with van der Waals surface area (Å²) in [6.07, 6.45) is 0. The summed E-state index contributed by atoms with van der Waals surface area (Å²) in [5.74, 6) is 0.459. The van der Waals surface area contributed by atoms with Gasteiger partial charge in [0, 0.05) is 25.2 Å². The molecule has 4 rings (SSSR count). The summed E-state index contributed by atoms with van der Waals surface area (Å²) in [6.45, 7) is 2.01. The van der Waals surface area contributed by atoms with Gasteiger partial charge in [-0.1, -0.05) is 72.8 Å². The Hall–Kier alpha value is -2.16. The highest BCUT2D eigenvalue weighted by Gasteiger charge is 2.29. The Kier molecular flexibility index (Phi) is 3.86. The molecule has 1 saturated heterocycles. The Morgan fingerprint density at radius 1 is 0.826 bits per heavy atom. The van der Waals surface area contributed by atoms with Gasteiger partial charge in [0.15, 0.2) is 0 Å². The number of hydrogen-bond donors (Lipinski definition) is 1. The van der Waals surface area contributed by atoms with Crippen LogP contribution in [0.5, 0.6) is 0 Å². The van der Waals surface area contributed by atoms with Crippen LogP contribution in [0.15, 0.2) is 72.8 Å². The molecule has 3 aromatic carbocycles. The molecule has 1 aliphatic rings. The molecule has 0 bridgehead atoms. The Balaban J connectivity index is 1.75. The summed E-state index contributed by atoms with van der Waals surface area (Å²) in [4.78, 5) is 2.36. The molecule has 2 nitrogen and oxygen atoms in total. The number of hydrogen-bond acceptors (Lipinski definition) is 2. The van der Waals surface area contributed by atoms with Crippen molar-refractivity contribution in [1.82, 2.24) is 10.2 Å². The van der Waals surface area contributed by atoms with E-state index in [0.29, 0.717) is 12.0 Å². The molecule has 116 valence electrons. The fourth-order valence-corrected chi connectivity index (χ4v) is 3.65. The Morgan fingerprint density at radius 2 is 1.57 bits per heavy atom. The van der Waals surface area contributed by atoms with Crippen molar-refractivity contribution in [3.05, 3.63) is 83.9 Å². The normalized spacial score (nSPS) is 22.3. The third-order valence-corrected chi connectivity index (χ3v) is 4.85. The minimum atomic E-state index is 0.369. The highest BCUT2D eigenvalue weighted by atomic mass is 15.2. The Bertz CT molecular complexity index is 797. The van der Waals surface area contributed by atoms with Crippen LogP contribution in [0.4, 0.5) is 0 Å². The molecule has 1 aliphatic heterocycles. The van der Waals surface area contributed by atoms with Crippen molar-refractivity contribution in [1.29, 1.82) is 0 Å². The monoisotopic (exact) mass is 302 g/mol. The number of nitrogens with one attached hydrogen (secondary N) is 1. The highest BCUT2D eigenvalue weighted by molar-refractivity contribution is 5.83. The maximum absolute atomic E-state index is 3.71. The van der Waals surface area contributed by atoms with Crippen molar-refractivity contribution >= 4 is 10.8 Å². The molecule has 0 spiro atoms. The number of likely N-dealkylation sites (N-methyl/N-ethyl adjacent to an activating group) is 1. The highest BCUT2D eigenvalue weighted by Crippen LogP contribution is 2.35. The third kappa shape index (κ3) is 2.88. The minimum Gasteiger partial charge on any atom is -0.297 e. The zero-order valence-corrected chi connectivity index (χ0v) is 13.4. The van der Waals surface area contributed by atoms with Crippen LogP contribution in [0, 0.1) is 0 Å². The van der Waals surface area contributed by atoms with E-state index < -0.39 is 0 Å². The van der Waals surface area contributed by atoms with E-state index in [1.807, 2.05) is 0 Å². The maximum atomic E-state index is 3.71. The first-order valence-electron chi connectivity index (χ1n) is 8.27. The molecular weight excluding hydrogens is 280 g/mol. The van der Waals surface area contributed by atoms with Crippen molar-refractivity contribution in [2.24, 2.45) is 0 Å². The lowest BCUT2D eigenvalue weighted by atomic mass is 9.84. The summed E-state index contributed by atoms with van der Waals surface area (Å²) in [6, 6.07) is 26.7. The molecule has 23 heavy (non-hydrogen) atoms. The lowest BCUT2D eigenvalue weighted by Gasteiger charge is -2.38. The van der Waals surface area contributed by atoms with Crippen molar-refractivity contribution in [2.45, 2.75) is 12.0 Å². The fraction of sp³-hybridized carbons (Fsp3) is 0.238. The van der Waals surface area contributed by atoms with Crippen LogP contribution in [-0.4, -0.2) is 25.2 Å². The van der Waals surface area contributed by atoms with E-state index in [2.05, 4.69) is 90.1 Å². The summed E-state index contributed by atoms with van der Waals surface area (Å²) < 4.78 is 0. The second-order valence-corrected chi connectivity index (χ2v) is 6.50. The van der Waals surface area contributed by atoms with Crippen LogP contribution in [-0.2, 0) is 0 Å². The average molecular weight is 302 g/mol. The summed E-state index contributed by atoms with van der Waals surface area (Å²) in [5, 5.41) is 6.34. The van der Waals surface area contributed by atoms with Gasteiger partial charge in [-0.15, -0.1) is 0 Å². The summed E-state index contributed by atoms with van der Waals surface area (Å²) in [5.41, 5.74) is 2.79. The molecule has 1 heterocycles. The van der Waals surface area contributed by atoms with Crippen molar-refractivity contribution in [3.63, 3.8) is 0 Å². The maximum Gasteiger partial charge on any atom is 0.0482 e. The standard InChI is InChI=1S/C21H22N2/c1-23-14-20(21(22-15-23)17-8-3-2-4-9-17)19-12-11-16-7-5-6-10-18(16)13-19/h2-13,20-22H,14-15H2,1H3/t20-,21+/m0/s1. The first-order valence-corrected chi connectivity index (χ1v) is 8.27. The predicted molar refractivity (Wildman–Crippen MR) is 96.5 cm³/mol. The lowest BCUT2D eigenvalue weighted by molar-refractivity contribution is 0.193. The minimum absolute atomic E-state index is 0.369. The molecule has 0 aliphatic carbocycles. The SMILES string of the molecule is CN1CN[C@H](c2ccccc2)[C@H](c2ccc3ccccc3c2)C1. The largest absolute Gasteiger partial charge is 0.297 e. The molecule has 0 unspecified atom stereocenters. The molecular formula is C21H22N2. The summed E-state index contributed by atoms with van der Waals surface area (Å²) in [7, 11) is 2.18. The van der Waals surface area contributed by atoms with E-state index >= 15 is 0 Å². The van der Waals surface area contributed by atoms with E-state index in [0.717, 1.165) is 13.2 Å². The van der Waals surface area contributed by atoms with Gasteiger partial charge in [0.05, 0.1) is 0 Å². The summed E-state index contributed by atoms with van der Waals surface area (Å²) >= 11 is 0. The molecule has 0 radical (unpaired) electrons. The third-order valence-electron chi connectivity index (χ3n) is 4.85. The number of nitrogens with zero attached hydrogens (tertiary/aromatic N) is 1. The van der Waals surface area contributed by atoms with Crippen LogP contribution in [0.1, 0.15) is 23.1 Å². The van der Waals surface area contributed by atoms with Gasteiger partial charge in [0.2, 0.25) is 0 Å². The molecule has 0 saturated carbocycles. The van der Waals surface area contributed by atoms with Crippen LogP contribution in [0.3, 0.4) is 0 Å². The van der Waals surface area contributed by atoms with E-state index in [9.17, 15) is 0 Å². The number of fused-ring (bicyclic) bond motifs is 1. The number of benzene rings is 3. The fourth-order valence-electron chi connectivity index (χ4n) is 3.65. The van der Waals surface area contributed by atoms with Gasteiger partial charge in [-0.05, 0) is 28.9 Å². The first kappa shape index (κ1) is 14.4. The Labute approximate surface area is 137 Å². The molecule has 0 amide bonds. The van der Waals surface area contributed by atoms with Crippen LogP contribution in [0.25, 0.3) is 10.8 Å². The second kappa shape index (κ2) is 6.15. The van der Waals surface area contributed by atoms with Crippen molar-refractivity contribution in [2.75, 3.05) is 20.3 Å². The molecule has 2 atom stereocenters. The van der Waals surface area contributed by atoms with Crippen molar-refractivity contribution < 1.29 is 0 Å². The molecule has 1 fully saturated rings. The second-order valence-electron chi connectivity index (χ2n) is 6.50. The van der Waals surface area contributed by atoms with E-state index in [1.54, 1.807) is 0 Å². The van der Waals surface area contributed by atoms with Gasteiger partial charge in [-0.2, -0.15) is 0 Å². The zero-order valence-electron chi connectivity index (χ0n) is 13.4. The van der Waals surface area contributed by atoms with Gasteiger partial charge in [0.1, 0.15) is 0 Å². The van der Waals surface area contributed by atoms with Crippen LogP contribution in [0.2, 0.25) is 0 Å². The van der Waals surface area contributed by atoms with Gasteiger partial charge < -0.3 is 0 Å². The van der Waals surface area contributed by atoms with Crippen LogP contribution < -0.4 is 5.32 Å². The Morgan fingerprint density at radius 3 is 2.39 bits per heavy atom. The van der Waals surface area contributed by atoms with Crippen LogP contribution >= 0.6 is 0 Å². The van der Waals surface area contributed by atoms with Gasteiger partial charge >= 0.3 is 0 Å². The van der Waals surface area contributed by atoms with Crippen molar-refractivity contribution in [3.8, 4) is 0 Å². The topological polar surface area (TPSA) is 15.3 Å². The lowest BCUT2D eigenvalue weighted by Crippen LogP contribution is -2.46. The zero-order chi connectivity index (χ0) is 15.6.